The third-order valence-corrected chi connectivity index (χ3v) is 2.91. The van der Waals surface area contributed by atoms with Crippen LogP contribution < -0.4 is 9.47 Å². The molecule has 108 valence electrons. The fourth-order valence-corrected chi connectivity index (χ4v) is 1.92. The van der Waals surface area contributed by atoms with Crippen LogP contribution in [-0.4, -0.2) is 43.3 Å². The fourth-order valence-electron chi connectivity index (χ4n) is 1.92. The summed E-state index contributed by atoms with van der Waals surface area (Å²) in [6.07, 6.45) is 5.27. The normalized spacial score (nSPS) is 10.2. The third kappa shape index (κ3) is 4.18. The zero-order valence-electron chi connectivity index (χ0n) is 12.0. The van der Waals surface area contributed by atoms with Crippen molar-refractivity contribution in [3.63, 3.8) is 0 Å². The molecule has 0 saturated heterocycles. The second-order valence-electron chi connectivity index (χ2n) is 4.38. The third-order valence-electron chi connectivity index (χ3n) is 2.91. The van der Waals surface area contributed by atoms with E-state index in [4.69, 9.17) is 21.0 Å². The summed E-state index contributed by atoms with van der Waals surface area (Å²) in [4.78, 5) is 12.5. The van der Waals surface area contributed by atoms with Crippen molar-refractivity contribution in [2.24, 2.45) is 0 Å². The Hall–Kier alpha value is -2.19. The standard InChI is InChI=1S/C15H19NO4/c1-5-6-16(10-15(17)18)9-12-8-14(20-4)13(19-3)7-11(12)2/h1,7-8H,6,9-10H2,2-4H3,(H,17,18). The fraction of sp³-hybridized carbons (Fsp3) is 0.400. The molecule has 0 radical (unpaired) electrons. The average molecular weight is 277 g/mol. The summed E-state index contributed by atoms with van der Waals surface area (Å²) in [6, 6.07) is 3.71. The number of benzene rings is 1. The van der Waals surface area contributed by atoms with Gasteiger partial charge in [0.1, 0.15) is 0 Å². The Kier molecular flexibility index (Phi) is 5.88. The SMILES string of the molecule is C#CCN(CC(=O)O)Cc1cc(OC)c(OC)cc1C. The molecule has 0 saturated carbocycles. The molecular formula is C15H19NO4. The molecule has 0 aliphatic heterocycles. The number of nitrogens with zero attached hydrogens (tertiary/aromatic N) is 1. The van der Waals surface area contributed by atoms with Crippen LogP contribution in [0.25, 0.3) is 0 Å². The summed E-state index contributed by atoms with van der Waals surface area (Å²) >= 11 is 0. The number of terminal acetylenes is 1. The lowest BCUT2D eigenvalue weighted by Crippen LogP contribution is -2.30. The van der Waals surface area contributed by atoms with Crippen molar-refractivity contribution in [2.75, 3.05) is 27.3 Å². The number of ether oxygens (including phenoxy) is 2. The highest BCUT2D eigenvalue weighted by molar-refractivity contribution is 5.69. The Labute approximate surface area is 119 Å². The molecule has 0 aliphatic rings. The highest BCUT2D eigenvalue weighted by Gasteiger charge is 2.13. The van der Waals surface area contributed by atoms with Gasteiger partial charge >= 0.3 is 5.97 Å². The van der Waals surface area contributed by atoms with Crippen molar-refractivity contribution in [3.8, 4) is 23.8 Å². The summed E-state index contributed by atoms with van der Waals surface area (Å²) in [7, 11) is 3.14. The van der Waals surface area contributed by atoms with Crippen molar-refractivity contribution >= 4 is 5.97 Å². The number of carbonyl (C=O) groups is 1. The van der Waals surface area contributed by atoms with Crippen molar-refractivity contribution in [3.05, 3.63) is 23.3 Å². The van der Waals surface area contributed by atoms with E-state index in [1.807, 2.05) is 19.1 Å². The van der Waals surface area contributed by atoms with Crippen molar-refractivity contribution in [1.29, 1.82) is 0 Å². The van der Waals surface area contributed by atoms with Gasteiger partial charge in [-0.3, -0.25) is 9.69 Å². The zero-order chi connectivity index (χ0) is 15.1. The van der Waals surface area contributed by atoms with E-state index in [1.54, 1.807) is 19.1 Å². The van der Waals surface area contributed by atoms with Crippen LogP contribution in [-0.2, 0) is 11.3 Å². The van der Waals surface area contributed by atoms with E-state index in [9.17, 15) is 4.79 Å². The van der Waals surface area contributed by atoms with Crippen molar-refractivity contribution < 1.29 is 19.4 Å². The maximum absolute atomic E-state index is 10.8. The van der Waals surface area contributed by atoms with Gasteiger partial charge in [-0.05, 0) is 30.2 Å². The Morgan fingerprint density at radius 1 is 1.35 bits per heavy atom. The Balaban J connectivity index is 3.00. The molecule has 1 aromatic rings. The lowest BCUT2D eigenvalue weighted by Gasteiger charge is -2.20. The van der Waals surface area contributed by atoms with E-state index >= 15 is 0 Å². The number of hydrogen-bond acceptors (Lipinski definition) is 4. The van der Waals surface area contributed by atoms with Crippen LogP contribution in [0.15, 0.2) is 12.1 Å². The molecule has 0 fully saturated rings. The number of aliphatic carboxylic acids is 1. The lowest BCUT2D eigenvalue weighted by molar-refractivity contribution is -0.138. The molecule has 0 spiro atoms. The number of methoxy groups -OCH3 is 2. The molecule has 1 N–H and O–H groups in total. The maximum Gasteiger partial charge on any atom is 0.317 e. The van der Waals surface area contributed by atoms with Crippen molar-refractivity contribution in [2.45, 2.75) is 13.5 Å². The second-order valence-corrected chi connectivity index (χ2v) is 4.38. The van der Waals surface area contributed by atoms with Crippen LogP contribution in [0.5, 0.6) is 11.5 Å². The predicted octanol–water partition coefficient (Wildman–Crippen LogP) is 1.53. The van der Waals surface area contributed by atoms with Crippen molar-refractivity contribution in [1.82, 2.24) is 4.90 Å². The first-order chi connectivity index (χ1) is 9.51. The largest absolute Gasteiger partial charge is 0.493 e. The number of aryl methyl sites for hydroxylation is 1. The molecule has 1 aromatic carbocycles. The summed E-state index contributed by atoms with van der Waals surface area (Å²) < 4.78 is 10.5. The summed E-state index contributed by atoms with van der Waals surface area (Å²) in [5.41, 5.74) is 1.95. The molecule has 0 aromatic heterocycles. The van der Waals surface area contributed by atoms with Gasteiger partial charge in [-0.25, -0.2) is 0 Å². The highest BCUT2D eigenvalue weighted by Crippen LogP contribution is 2.30. The monoisotopic (exact) mass is 277 g/mol. The van der Waals surface area contributed by atoms with Gasteiger partial charge < -0.3 is 14.6 Å². The number of hydrogen-bond donors (Lipinski definition) is 1. The van der Waals surface area contributed by atoms with Gasteiger partial charge in [0, 0.05) is 6.54 Å². The zero-order valence-corrected chi connectivity index (χ0v) is 12.0. The number of carboxylic acids is 1. The molecule has 5 heteroatoms. The van der Waals surface area contributed by atoms with E-state index in [1.165, 1.54) is 0 Å². The average Bonchev–Trinajstić information content (AvgIpc) is 2.40. The molecule has 1 rings (SSSR count). The first-order valence-electron chi connectivity index (χ1n) is 6.11. The van der Waals surface area contributed by atoms with Crippen LogP contribution in [0.4, 0.5) is 0 Å². The molecule has 0 unspecified atom stereocenters. The molecule has 0 amide bonds. The van der Waals surface area contributed by atoms with Gasteiger partial charge in [0.25, 0.3) is 0 Å². The van der Waals surface area contributed by atoms with Gasteiger partial charge in [0.2, 0.25) is 0 Å². The minimum Gasteiger partial charge on any atom is -0.493 e. The summed E-state index contributed by atoms with van der Waals surface area (Å²) in [5.74, 6) is 2.83. The maximum atomic E-state index is 10.8. The van der Waals surface area contributed by atoms with E-state index < -0.39 is 5.97 Å². The first-order valence-corrected chi connectivity index (χ1v) is 6.11. The minimum atomic E-state index is -0.904. The van der Waals surface area contributed by atoms with Gasteiger partial charge in [-0.15, -0.1) is 6.42 Å². The molecule has 0 atom stereocenters. The predicted molar refractivity (Wildman–Crippen MR) is 76.0 cm³/mol. The topological polar surface area (TPSA) is 59.0 Å². The molecule has 0 bridgehead atoms. The Bertz CT molecular complexity index is 519. The molecule has 20 heavy (non-hydrogen) atoms. The van der Waals surface area contributed by atoms with E-state index in [0.29, 0.717) is 18.0 Å². The molecule has 0 aliphatic carbocycles. The van der Waals surface area contributed by atoms with E-state index in [0.717, 1.165) is 11.1 Å². The summed E-state index contributed by atoms with van der Waals surface area (Å²) in [5, 5.41) is 8.89. The van der Waals surface area contributed by atoms with E-state index in [2.05, 4.69) is 5.92 Å². The smallest absolute Gasteiger partial charge is 0.317 e. The Morgan fingerprint density at radius 2 is 1.95 bits per heavy atom. The van der Waals surface area contributed by atoms with Gasteiger partial charge in [-0.2, -0.15) is 0 Å². The lowest BCUT2D eigenvalue weighted by atomic mass is 10.1. The molecular weight excluding hydrogens is 258 g/mol. The van der Waals surface area contributed by atoms with Gasteiger partial charge in [0.15, 0.2) is 11.5 Å². The van der Waals surface area contributed by atoms with Crippen LogP contribution >= 0.6 is 0 Å². The first kappa shape index (κ1) is 15.9. The quantitative estimate of drug-likeness (QED) is 0.766. The Morgan fingerprint density at radius 3 is 2.45 bits per heavy atom. The van der Waals surface area contributed by atoms with Gasteiger partial charge in [-0.1, -0.05) is 5.92 Å². The highest BCUT2D eigenvalue weighted by atomic mass is 16.5. The van der Waals surface area contributed by atoms with E-state index in [-0.39, 0.29) is 13.1 Å². The van der Waals surface area contributed by atoms with Gasteiger partial charge in [0.05, 0.1) is 27.3 Å². The molecule has 5 nitrogen and oxygen atoms in total. The van der Waals surface area contributed by atoms with Crippen LogP contribution in [0, 0.1) is 19.3 Å². The summed E-state index contributed by atoms with van der Waals surface area (Å²) in [6.45, 7) is 2.56. The van der Waals surface area contributed by atoms with Crippen LogP contribution in [0.3, 0.4) is 0 Å². The number of rotatable bonds is 7. The minimum absolute atomic E-state index is 0.0992. The number of carboxylic acid groups (broad SMARTS) is 1. The second kappa shape index (κ2) is 7.41. The van der Waals surface area contributed by atoms with Crippen LogP contribution in [0.2, 0.25) is 0 Å². The van der Waals surface area contributed by atoms with Crippen LogP contribution in [0.1, 0.15) is 11.1 Å². The molecule has 0 heterocycles.